The highest BCUT2D eigenvalue weighted by molar-refractivity contribution is 7.91. The molecule has 8 nitrogen and oxygen atoms in total. The van der Waals surface area contributed by atoms with Gasteiger partial charge in [0.15, 0.2) is 0 Å². The third-order valence-corrected chi connectivity index (χ3v) is 4.18. The number of anilines is 1. The molecule has 0 saturated carbocycles. The Morgan fingerprint density at radius 2 is 2.31 bits per heavy atom. The van der Waals surface area contributed by atoms with Gasteiger partial charge in [-0.05, 0) is 0 Å². The Bertz CT molecular complexity index is 560. The van der Waals surface area contributed by atoms with Crippen LogP contribution in [0.15, 0.2) is 16.9 Å². The van der Waals surface area contributed by atoms with Crippen LogP contribution in [0.2, 0.25) is 0 Å². The van der Waals surface area contributed by atoms with Crippen molar-refractivity contribution >= 4 is 26.5 Å². The fourth-order valence-electron chi connectivity index (χ4n) is 0.945. The molecule has 0 unspecified atom stereocenters. The van der Waals surface area contributed by atoms with Gasteiger partial charge in [-0.1, -0.05) is 11.3 Å². The first-order chi connectivity index (χ1) is 7.58. The first-order valence-corrected chi connectivity index (χ1v) is 6.44. The van der Waals surface area contributed by atoms with Crippen LogP contribution in [0.25, 0.3) is 0 Å². The quantitative estimate of drug-likeness (QED) is 0.668. The first kappa shape index (κ1) is 11.0. The lowest BCUT2D eigenvalue weighted by atomic mass is 10.5. The molecule has 0 aromatic carbocycles. The molecule has 2 rings (SSSR count). The van der Waals surface area contributed by atoms with Crippen molar-refractivity contribution in [2.24, 2.45) is 0 Å². The SMILES string of the molecule is Nc1nnc(S(=O)(=O)NCc2cnc[nH]2)s1. The van der Waals surface area contributed by atoms with Crippen LogP contribution in [0.3, 0.4) is 0 Å². The Morgan fingerprint density at radius 1 is 1.50 bits per heavy atom. The van der Waals surface area contributed by atoms with Crippen molar-refractivity contribution in [1.82, 2.24) is 24.9 Å². The van der Waals surface area contributed by atoms with Crippen molar-refractivity contribution < 1.29 is 8.42 Å². The van der Waals surface area contributed by atoms with Crippen molar-refractivity contribution in [3.8, 4) is 0 Å². The molecule has 16 heavy (non-hydrogen) atoms. The molecule has 0 bridgehead atoms. The van der Waals surface area contributed by atoms with E-state index in [0.29, 0.717) is 5.69 Å². The predicted octanol–water partition coefficient (Wildman–Crippen LogP) is -0.678. The largest absolute Gasteiger partial charge is 0.374 e. The molecule has 86 valence electrons. The molecule has 0 amide bonds. The molecule has 0 atom stereocenters. The number of nitrogen functional groups attached to an aromatic ring is 1. The molecule has 2 aromatic heterocycles. The van der Waals surface area contributed by atoms with Crippen LogP contribution in [0.5, 0.6) is 0 Å². The fraction of sp³-hybridized carbons (Fsp3) is 0.167. The van der Waals surface area contributed by atoms with E-state index in [2.05, 4.69) is 24.9 Å². The molecule has 0 radical (unpaired) electrons. The molecule has 4 N–H and O–H groups in total. The van der Waals surface area contributed by atoms with Gasteiger partial charge in [-0.15, -0.1) is 10.2 Å². The highest BCUT2D eigenvalue weighted by atomic mass is 32.2. The molecule has 0 spiro atoms. The standard InChI is InChI=1S/C6H8N6O2S2/c7-5-11-12-6(15-5)16(13,14)10-2-4-1-8-3-9-4/h1,3,10H,2H2,(H2,7,11)(H,8,9). The van der Waals surface area contributed by atoms with Crippen LogP contribution in [0, 0.1) is 0 Å². The van der Waals surface area contributed by atoms with Gasteiger partial charge in [-0.25, -0.2) is 18.1 Å². The Balaban J connectivity index is 2.09. The topological polar surface area (TPSA) is 127 Å². The number of aromatic amines is 1. The number of H-pyrrole nitrogens is 1. The minimum Gasteiger partial charge on any atom is -0.374 e. The average molecular weight is 260 g/mol. The van der Waals surface area contributed by atoms with Crippen LogP contribution >= 0.6 is 11.3 Å². The van der Waals surface area contributed by atoms with Gasteiger partial charge in [-0.3, -0.25) is 0 Å². The zero-order valence-corrected chi connectivity index (χ0v) is 9.55. The Hall–Kier alpha value is -1.52. The smallest absolute Gasteiger partial charge is 0.270 e. The number of rotatable bonds is 4. The van der Waals surface area contributed by atoms with E-state index in [1.807, 2.05) is 0 Å². The number of sulfonamides is 1. The predicted molar refractivity (Wildman–Crippen MR) is 56.9 cm³/mol. The van der Waals surface area contributed by atoms with Crippen LogP contribution < -0.4 is 10.5 Å². The monoisotopic (exact) mass is 260 g/mol. The molecule has 0 aliphatic rings. The van der Waals surface area contributed by atoms with Gasteiger partial charge in [0, 0.05) is 11.9 Å². The van der Waals surface area contributed by atoms with Crippen LogP contribution in [0.4, 0.5) is 5.13 Å². The van der Waals surface area contributed by atoms with Crippen molar-refractivity contribution in [2.45, 2.75) is 10.9 Å². The van der Waals surface area contributed by atoms with Crippen molar-refractivity contribution in [1.29, 1.82) is 0 Å². The van der Waals surface area contributed by atoms with Crippen LogP contribution in [-0.4, -0.2) is 28.6 Å². The molecule has 2 heterocycles. The van der Waals surface area contributed by atoms with Gasteiger partial charge in [0.25, 0.3) is 10.0 Å². The number of aromatic nitrogens is 4. The summed E-state index contributed by atoms with van der Waals surface area (Å²) in [7, 11) is -3.65. The maximum Gasteiger partial charge on any atom is 0.270 e. The molecule has 0 aliphatic heterocycles. The third-order valence-electron chi connectivity index (χ3n) is 1.66. The van der Waals surface area contributed by atoms with E-state index in [9.17, 15) is 8.42 Å². The molecule has 0 saturated heterocycles. The number of hydrogen-bond acceptors (Lipinski definition) is 7. The highest BCUT2D eigenvalue weighted by Crippen LogP contribution is 2.16. The summed E-state index contributed by atoms with van der Waals surface area (Å²) in [6, 6.07) is 0. The lowest BCUT2D eigenvalue weighted by Gasteiger charge is -2.00. The van der Waals surface area contributed by atoms with E-state index in [1.165, 1.54) is 12.5 Å². The molecule has 2 aromatic rings. The minimum atomic E-state index is -3.65. The van der Waals surface area contributed by atoms with E-state index < -0.39 is 10.0 Å². The van der Waals surface area contributed by atoms with Gasteiger partial charge in [-0.2, -0.15) is 0 Å². The second-order valence-corrected chi connectivity index (χ2v) is 5.76. The van der Waals surface area contributed by atoms with E-state index in [0.717, 1.165) is 11.3 Å². The summed E-state index contributed by atoms with van der Waals surface area (Å²) in [5.74, 6) is 0. The minimum absolute atomic E-state index is 0.113. The average Bonchev–Trinajstić information content (AvgIpc) is 2.85. The van der Waals surface area contributed by atoms with Gasteiger partial charge >= 0.3 is 0 Å². The summed E-state index contributed by atoms with van der Waals surface area (Å²) < 4.78 is 25.5. The zero-order valence-electron chi connectivity index (χ0n) is 7.91. The zero-order chi connectivity index (χ0) is 11.6. The van der Waals surface area contributed by atoms with Crippen molar-refractivity contribution in [3.63, 3.8) is 0 Å². The summed E-state index contributed by atoms with van der Waals surface area (Å²) >= 11 is 0.811. The van der Waals surface area contributed by atoms with Gasteiger partial charge in [0.2, 0.25) is 9.47 Å². The number of nitrogens with two attached hydrogens (primary N) is 1. The van der Waals surface area contributed by atoms with E-state index in [4.69, 9.17) is 5.73 Å². The summed E-state index contributed by atoms with van der Waals surface area (Å²) in [5.41, 5.74) is 5.96. The van der Waals surface area contributed by atoms with Crippen molar-refractivity contribution in [3.05, 3.63) is 18.2 Å². The molecular weight excluding hydrogens is 252 g/mol. The molecule has 0 fully saturated rings. The molecular formula is C6H8N6O2S2. The maximum absolute atomic E-state index is 11.6. The lowest BCUT2D eigenvalue weighted by molar-refractivity contribution is 0.578. The number of nitrogens with one attached hydrogen (secondary N) is 2. The van der Waals surface area contributed by atoms with Crippen molar-refractivity contribution in [2.75, 3.05) is 5.73 Å². The second-order valence-electron chi connectivity index (χ2n) is 2.81. The Morgan fingerprint density at radius 3 is 2.88 bits per heavy atom. The highest BCUT2D eigenvalue weighted by Gasteiger charge is 2.19. The third kappa shape index (κ3) is 2.35. The number of imidazole rings is 1. The maximum atomic E-state index is 11.6. The second kappa shape index (κ2) is 4.15. The Kier molecular flexibility index (Phi) is 2.85. The lowest BCUT2D eigenvalue weighted by Crippen LogP contribution is -2.23. The van der Waals surface area contributed by atoms with E-state index >= 15 is 0 Å². The van der Waals surface area contributed by atoms with E-state index in [1.54, 1.807) is 0 Å². The summed E-state index contributed by atoms with van der Waals surface area (Å²) in [6.07, 6.45) is 2.99. The first-order valence-electron chi connectivity index (χ1n) is 4.14. The molecule has 0 aliphatic carbocycles. The fourth-order valence-corrected chi connectivity index (χ4v) is 2.78. The van der Waals surface area contributed by atoms with E-state index in [-0.39, 0.29) is 16.0 Å². The summed E-state index contributed by atoms with van der Waals surface area (Å²) in [6.45, 7) is 0.113. The van der Waals surface area contributed by atoms with Gasteiger partial charge in [0.05, 0.1) is 12.9 Å². The Labute approximate surface area is 95.0 Å². The molecule has 10 heteroatoms. The number of hydrogen-bond donors (Lipinski definition) is 3. The number of nitrogens with zero attached hydrogens (tertiary/aromatic N) is 3. The normalized spacial score (nSPS) is 11.8. The van der Waals surface area contributed by atoms with Gasteiger partial charge < -0.3 is 10.7 Å². The summed E-state index contributed by atoms with van der Waals surface area (Å²) in [5, 5.41) is 7.00. The van der Waals surface area contributed by atoms with Gasteiger partial charge in [0.1, 0.15) is 0 Å². The summed E-state index contributed by atoms with van der Waals surface area (Å²) in [4.78, 5) is 6.53. The van der Waals surface area contributed by atoms with Crippen LogP contribution in [0.1, 0.15) is 5.69 Å². The van der Waals surface area contributed by atoms with Crippen LogP contribution in [-0.2, 0) is 16.6 Å².